The molecular weight excluding hydrogens is 322 g/mol. The maximum atomic E-state index is 12.0. The van der Waals surface area contributed by atoms with Crippen LogP contribution in [0.3, 0.4) is 0 Å². The van der Waals surface area contributed by atoms with Crippen molar-refractivity contribution in [1.29, 1.82) is 0 Å². The fourth-order valence-electron chi connectivity index (χ4n) is 2.14. The van der Waals surface area contributed by atoms with Gasteiger partial charge in [0, 0.05) is 16.4 Å². The zero-order chi connectivity index (χ0) is 15.0. The van der Waals surface area contributed by atoms with Gasteiger partial charge in [0.15, 0.2) is 0 Å². The lowest BCUT2D eigenvalue weighted by atomic mass is 9.84. The molecule has 1 aromatic carbocycles. The summed E-state index contributed by atoms with van der Waals surface area (Å²) in [6, 6.07) is 7.90. The first kappa shape index (κ1) is 15.0. The highest BCUT2D eigenvalue weighted by molar-refractivity contribution is 9.10. The summed E-state index contributed by atoms with van der Waals surface area (Å²) in [5.74, 6) is -1.39. The van der Waals surface area contributed by atoms with E-state index in [4.69, 9.17) is 5.11 Å². The van der Waals surface area contributed by atoms with E-state index in [0.29, 0.717) is 19.4 Å². The molecule has 5 heteroatoms. The van der Waals surface area contributed by atoms with Gasteiger partial charge in [-0.05, 0) is 30.5 Å². The van der Waals surface area contributed by atoms with Gasteiger partial charge in [-0.2, -0.15) is 0 Å². The second kappa shape index (κ2) is 5.20. The maximum Gasteiger partial charge on any atom is 0.319 e. The molecule has 1 fully saturated rings. The van der Waals surface area contributed by atoms with Crippen LogP contribution in [0.5, 0.6) is 0 Å². The van der Waals surface area contributed by atoms with E-state index in [0.717, 1.165) is 10.0 Å². The van der Waals surface area contributed by atoms with Crippen LogP contribution in [0.15, 0.2) is 28.7 Å². The number of hydrogen-bond donors (Lipinski definition) is 2. The Hall–Kier alpha value is -1.36. The van der Waals surface area contributed by atoms with Crippen LogP contribution in [0.4, 0.5) is 0 Å². The molecule has 0 spiro atoms. The monoisotopic (exact) mass is 339 g/mol. The number of amides is 1. The Bertz CT molecular complexity index is 550. The normalized spacial score (nSPS) is 16.6. The second-order valence-corrected chi connectivity index (χ2v) is 6.88. The van der Waals surface area contributed by atoms with E-state index in [9.17, 15) is 9.59 Å². The van der Waals surface area contributed by atoms with E-state index in [-0.39, 0.29) is 11.3 Å². The van der Waals surface area contributed by atoms with Gasteiger partial charge in [0.05, 0.1) is 0 Å². The highest BCUT2D eigenvalue weighted by Crippen LogP contribution is 2.46. The number of benzene rings is 1. The predicted molar refractivity (Wildman–Crippen MR) is 79.5 cm³/mol. The number of nitrogens with one attached hydrogen (secondary N) is 1. The third-order valence-corrected chi connectivity index (χ3v) is 4.38. The van der Waals surface area contributed by atoms with Gasteiger partial charge in [0.25, 0.3) is 0 Å². The first-order chi connectivity index (χ1) is 9.28. The van der Waals surface area contributed by atoms with E-state index in [1.54, 1.807) is 0 Å². The summed E-state index contributed by atoms with van der Waals surface area (Å²) in [5.41, 5.74) is -0.339. The Kier molecular flexibility index (Phi) is 3.91. The summed E-state index contributed by atoms with van der Waals surface area (Å²) in [4.78, 5) is 23.1. The Balaban J connectivity index is 2.03. The van der Waals surface area contributed by atoms with Crippen LogP contribution < -0.4 is 5.32 Å². The number of carboxylic acid groups (broad SMARTS) is 1. The molecule has 0 aromatic heterocycles. The highest BCUT2D eigenvalue weighted by Gasteiger charge is 2.57. The van der Waals surface area contributed by atoms with Crippen molar-refractivity contribution in [2.24, 2.45) is 5.41 Å². The number of carbonyl (C=O) groups is 2. The lowest BCUT2D eigenvalue weighted by molar-refractivity contribution is -0.149. The molecular formula is C15H18BrNO3. The van der Waals surface area contributed by atoms with Crippen molar-refractivity contribution in [3.63, 3.8) is 0 Å². The fourth-order valence-corrected chi connectivity index (χ4v) is 2.54. The molecule has 0 radical (unpaired) electrons. The molecule has 108 valence electrons. The Morgan fingerprint density at radius 3 is 2.55 bits per heavy atom. The van der Waals surface area contributed by atoms with Crippen LogP contribution >= 0.6 is 15.9 Å². The minimum absolute atomic E-state index is 0.256. The summed E-state index contributed by atoms with van der Waals surface area (Å²) in [5, 5.41) is 11.9. The zero-order valence-corrected chi connectivity index (χ0v) is 13.2. The molecule has 0 unspecified atom stereocenters. The summed E-state index contributed by atoms with van der Waals surface area (Å²) >= 11 is 3.43. The average Bonchev–Trinajstić information content (AvgIpc) is 3.17. The summed E-state index contributed by atoms with van der Waals surface area (Å²) in [7, 11) is 0. The van der Waals surface area contributed by atoms with Crippen molar-refractivity contribution in [3.05, 3.63) is 34.3 Å². The minimum atomic E-state index is -1.17. The summed E-state index contributed by atoms with van der Waals surface area (Å²) in [6.07, 6.45) is 0.872. The van der Waals surface area contributed by atoms with E-state index in [1.807, 2.05) is 38.1 Å². The van der Waals surface area contributed by atoms with Gasteiger partial charge in [-0.1, -0.05) is 41.9 Å². The minimum Gasteiger partial charge on any atom is -0.480 e. The number of rotatable bonds is 5. The highest BCUT2D eigenvalue weighted by atomic mass is 79.9. The van der Waals surface area contributed by atoms with E-state index >= 15 is 0 Å². The Morgan fingerprint density at radius 2 is 2.05 bits per heavy atom. The van der Waals surface area contributed by atoms with E-state index in [1.165, 1.54) is 0 Å². The van der Waals surface area contributed by atoms with Crippen molar-refractivity contribution in [1.82, 2.24) is 5.32 Å². The molecule has 2 rings (SSSR count). The molecule has 0 heterocycles. The van der Waals surface area contributed by atoms with Crippen molar-refractivity contribution >= 4 is 27.8 Å². The molecule has 0 bridgehead atoms. The van der Waals surface area contributed by atoms with Crippen LogP contribution in [-0.2, 0) is 15.0 Å². The number of carbonyl (C=O) groups excluding carboxylic acids is 1. The van der Waals surface area contributed by atoms with Crippen LogP contribution in [0.25, 0.3) is 0 Å². The molecule has 1 amide bonds. The third-order valence-electron chi connectivity index (χ3n) is 3.89. The molecule has 1 aliphatic rings. The number of halogens is 1. The lowest BCUT2D eigenvalue weighted by Gasteiger charge is -2.26. The van der Waals surface area contributed by atoms with E-state index in [2.05, 4.69) is 21.2 Å². The lowest BCUT2D eigenvalue weighted by Crippen LogP contribution is -2.42. The van der Waals surface area contributed by atoms with Crippen molar-refractivity contribution < 1.29 is 14.7 Å². The van der Waals surface area contributed by atoms with Gasteiger partial charge < -0.3 is 10.4 Å². The van der Waals surface area contributed by atoms with Crippen LogP contribution in [-0.4, -0.2) is 23.5 Å². The van der Waals surface area contributed by atoms with Crippen LogP contribution in [0.2, 0.25) is 0 Å². The Morgan fingerprint density at radius 1 is 1.40 bits per heavy atom. The smallest absolute Gasteiger partial charge is 0.319 e. The van der Waals surface area contributed by atoms with Crippen molar-refractivity contribution in [3.8, 4) is 0 Å². The largest absolute Gasteiger partial charge is 0.480 e. The molecule has 0 atom stereocenters. The SMILES string of the molecule is CC(C)(CNC(=O)C1(C(=O)O)CC1)c1cccc(Br)c1. The molecule has 20 heavy (non-hydrogen) atoms. The van der Waals surface area contributed by atoms with Crippen molar-refractivity contribution in [2.75, 3.05) is 6.54 Å². The third kappa shape index (κ3) is 2.87. The van der Waals surface area contributed by atoms with Gasteiger partial charge in [0.2, 0.25) is 5.91 Å². The molecule has 4 nitrogen and oxygen atoms in total. The number of hydrogen-bond acceptors (Lipinski definition) is 2. The van der Waals surface area contributed by atoms with E-state index < -0.39 is 11.4 Å². The Labute approximate surface area is 126 Å². The van der Waals surface area contributed by atoms with Gasteiger partial charge in [0.1, 0.15) is 5.41 Å². The van der Waals surface area contributed by atoms with Gasteiger partial charge in [-0.15, -0.1) is 0 Å². The first-order valence-electron chi connectivity index (χ1n) is 6.56. The molecule has 1 saturated carbocycles. The molecule has 0 saturated heterocycles. The molecule has 2 N–H and O–H groups in total. The quantitative estimate of drug-likeness (QED) is 0.810. The maximum absolute atomic E-state index is 12.0. The first-order valence-corrected chi connectivity index (χ1v) is 7.35. The second-order valence-electron chi connectivity index (χ2n) is 5.96. The van der Waals surface area contributed by atoms with Gasteiger partial charge in [-0.3, -0.25) is 9.59 Å². The molecule has 1 aliphatic carbocycles. The average molecular weight is 340 g/mol. The summed E-state index contributed by atoms with van der Waals surface area (Å²) < 4.78 is 0.985. The molecule has 1 aromatic rings. The number of aliphatic carboxylic acids is 1. The topological polar surface area (TPSA) is 66.4 Å². The van der Waals surface area contributed by atoms with Gasteiger partial charge >= 0.3 is 5.97 Å². The van der Waals surface area contributed by atoms with Crippen LogP contribution in [0.1, 0.15) is 32.3 Å². The number of carboxylic acids is 1. The molecule has 0 aliphatic heterocycles. The van der Waals surface area contributed by atoms with Crippen LogP contribution in [0, 0.1) is 5.41 Å². The standard InChI is InChI=1S/C15H18BrNO3/c1-14(2,10-4-3-5-11(16)8-10)9-17-12(18)15(6-7-15)13(19)20/h3-5,8H,6-7,9H2,1-2H3,(H,17,18)(H,19,20). The van der Waals surface area contributed by atoms with Crippen molar-refractivity contribution in [2.45, 2.75) is 32.1 Å². The summed E-state index contributed by atoms with van der Waals surface area (Å²) in [6.45, 7) is 4.46. The fraction of sp³-hybridized carbons (Fsp3) is 0.467. The van der Waals surface area contributed by atoms with Gasteiger partial charge in [-0.25, -0.2) is 0 Å². The zero-order valence-electron chi connectivity index (χ0n) is 11.6. The predicted octanol–water partition coefficient (Wildman–Crippen LogP) is 2.71.